The van der Waals surface area contributed by atoms with Crippen molar-refractivity contribution in [2.24, 2.45) is 0 Å². The van der Waals surface area contributed by atoms with E-state index in [4.69, 9.17) is 16.7 Å². The highest BCUT2D eigenvalue weighted by atomic mass is 35.5. The van der Waals surface area contributed by atoms with Crippen LogP contribution in [0.25, 0.3) is 0 Å². The second-order valence-electron chi connectivity index (χ2n) is 2.76. The molecule has 1 rings (SSSR count). The molecule has 1 aromatic heterocycles. The largest absolute Gasteiger partial charge is 0.481 e. The molecule has 14 heavy (non-hydrogen) atoms. The first-order valence-corrected chi connectivity index (χ1v) is 5.09. The molecular weight excluding hydrogens is 228 g/mol. The number of carboxylic acid groups (broad SMARTS) is 1. The van der Waals surface area contributed by atoms with E-state index in [2.05, 4.69) is 0 Å². The van der Waals surface area contributed by atoms with Crippen molar-refractivity contribution in [3.63, 3.8) is 0 Å². The number of aliphatic carboxylic acids is 1. The zero-order valence-corrected chi connectivity index (χ0v) is 8.63. The van der Waals surface area contributed by atoms with Gasteiger partial charge < -0.3 is 15.3 Å². The first-order valence-electron chi connectivity index (χ1n) is 3.83. The first kappa shape index (κ1) is 11.5. The van der Waals surface area contributed by atoms with Gasteiger partial charge in [-0.15, -0.1) is 11.3 Å². The van der Waals surface area contributed by atoms with E-state index in [-0.39, 0.29) is 0 Å². The topological polar surface area (TPSA) is 77.8 Å². The average Bonchev–Trinajstić information content (AvgIpc) is 2.48. The number of carboxylic acids is 1. The fraction of sp³-hybridized carbons (Fsp3) is 0.375. The summed E-state index contributed by atoms with van der Waals surface area (Å²) < 4.78 is 0.363. The molecule has 0 saturated carbocycles. The summed E-state index contributed by atoms with van der Waals surface area (Å²) in [6, 6.07) is 1.56. The zero-order chi connectivity index (χ0) is 10.7. The van der Waals surface area contributed by atoms with Crippen LogP contribution in [0.5, 0.6) is 0 Å². The summed E-state index contributed by atoms with van der Waals surface area (Å²) in [7, 11) is 0. The van der Waals surface area contributed by atoms with Gasteiger partial charge in [0, 0.05) is 5.56 Å². The maximum atomic E-state index is 10.3. The van der Waals surface area contributed by atoms with Gasteiger partial charge in [0.25, 0.3) is 0 Å². The van der Waals surface area contributed by atoms with Crippen LogP contribution in [0.2, 0.25) is 4.34 Å². The molecule has 0 amide bonds. The molecule has 0 aliphatic carbocycles. The Hall–Kier alpha value is -0.620. The van der Waals surface area contributed by atoms with Crippen LogP contribution >= 0.6 is 22.9 Å². The van der Waals surface area contributed by atoms with Gasteiger partial charge in [0.15, 0.2) is 0 Å². The summed E-state index contributed by atoms with van der Waals surface area (Å²) in [4.78, 5) is 10.3. The van der Waals surface area contributed by atoms with Crippen LogP contribution < -0.4 is 0 Å². The highest BCUT2D eigenvalue weighted by molar-refractivity contribution is 7.14. The number of carbonyl (C=O) groups is 1. The van der Waals surface area contributed by atoms with Gasteiger partial charge in [0.05, 0.1) is 16.9 Å². The second-order valence-corrected chi connectivity index (χ2v) is 4.28. The molecule has 2 unspecified atom stereocenters. The van der Waals surface area contributed by atoms with E-state index >= 15 is 0 Å². The van der Waals surface area contributed by atoms with Crippen molar-refractivity contribution in [1.82, 2.24) is 0 Å². The standard InChI is InChI=1S/C8H9ClO4S/c9-8-4(1-2-14-8)7(13)5(10)3-6(11)12/h1-2,5,7,10,13H,3H2,(H,11,12). The van der Waals surface area contributed by atoms with E-state index in [9.17, 15) is 15.0 Å². The lowest BCUT2D eigenvalue weighted by molar-refractivity contribution is -0.141. The molecule has 0 saturated heterocycles. The molecule has 0 aliphatic heterocycles. The lowest BCUT2D eigenvalue weighted by atomic mass is 10.1. The van der Waals surface area contributed by atoms with Crippen molar-refractivity contribution in [2.45, 2.75) is 18.6 Å². The molecule has 4 nitrogen and oxygen atoms in total. The fourth-order valence-electron chi connectivity index (χ4n) is 1.01. The number of hydrogen-bond donors (Lipinski definition) is 3. The fourth-order valence-corrected chi connectivity index (χ4v) is 2.00. The van der Waals surface area contributed by atoms with E-state index < -0.39 is 24.6 Å². The minimum Gasteiger partial charge on any atom is -0.481 e. The predicted molar refractivity (Wildman–Crippen MR) is 52.5 cm³/mol. The molecule has 1 aromatic rings. The molecule has 6 heteroatoms. The monoisotopic (exact) mass is 236 g/mol. The Morgan fingerprint density at radius 2 is 2.21 bits per heavy atom. The van der Waals surface area contributed by atoms with Gasteiger partial charge in [-0.1, -0.05) is 11.6 Å². The number of hydrogen-bond acceptors (Lipinski definition) is 4. The number of rotatable bonds is 4. The average molecular weight is 237 g/mol. The van der Waals surface area contributed by atoms with Crippen LogP contribution in [0.4, 0.5) is 0 Å². The van der Waals surface area contributed by atoms with Crippen molar-refractivity contribution in [3.05, 3.63) is 21.3 Å². The van der Waals surface area contributed by atoms with Crippen LogP contribution in [0.3, 0.4) is 0 Å². The third-order valence-electron chi connectivity index (χ3n) is 1.71. The molecule has 0 fully saturated rings. The van der Waals surface area contributed by atoms with Crippen LogP contribution in [-0.4, -0.2) is 27.4 Å². The summed E-state index contributed by atoms with van der Waals surface area (Å²) >= 11 is 6.93. The smallest absolute Gasteiger partial charge is 0.306 e. The SMILES string of the molecule is O=C(O)CC(O)C(O)c1ccsc1Cl. The maximum Gasteiger partial charge on any atom is 0.306 e. The summed E-state index contributed by atoms with van der Waals surface area (Å²) in [5.41, 5.74) is 0.366. The minimum absolute atomic E-state index is 0.363. The predicted octanol–water partition coefficient (Wildman–Crippen LogP) is 1.27. The highest BCUT2D eigenvalue weighted by Crippen LogP contribution is 2.30. The zero-order valence-electron chi connectivity index (χ0n) is 7.05. The van der Waals surface area contributed by atoms with E-state index in [1.54, 1.807) is 11.4 Å². The van der Waals surface area contributed by atoms with E-state index in [0.29, 0.717) is 9.90 Å². The van der Waals surface area contributed by atoms with Gasteiger partial charge in [-0.2, -0.15) is 0 Å². The Morgan fingerprint density at radius 3 is 2.64 bits per heavy atom. The molecule has 0 bridgehead atoms. The molecule has 2 atom stereocenters. The summed E-state index contributed by atoms with van der Waals surface area (Å²) in [5.74, 6) is -1.16. The van der Waals surface area contributed by atoms with Crippen LogP contribution in [0, 0.1) is 0 Å². The van der Waals surface area contributed by atoms with Crippen molar-refractivity contribution >= 4 is 28.9 Å². The van der Waals surface area contributed by atoms with E-state index in [1.807, 2.05) is 0 Å². The normalized spacial score (nSPS) is 15.1. The minimum atomic E-state index is -1.33. The van der Waals surface area contributed by atoms with Crippen LogP contribution in [0.1, 0.15) is 18.1 Å². The van der Waals surface area contributed by atoms with Crippen LogP contribution in [-0.2, 0) is 4.79 Å². The van der Waals surface area contributed by atoms with Crippen LogP contribution in [0.15, 0.2) is 11.4 Å². The Kier molecular flexibility index (Phi) is 3.88. The third kappa shape index (κ3) is 2.68. The van der Waals surface area contributed by atoms with Gasteiger partial charge in [0.1, 0.15) is 6.10 Å². The maximum absolute atomic E-state index is 10.3. The molecule has 78 valence electrons. The van der Waals surface area contributed by atoms with Gasteiger partial charge >= 0.3 is 5.97 Å². The number of thiophene rings is 1. The molecule has 0 aromatic carbocycles. The van der Waals surface area contributed by atoms with Gasteiger partial charge in [-0.25, -0.2) is 0 Å². The van der Waals surface area contributed by atoms with Gasteiger partial charge in [-0.05, 0) is 11.4 Å². The Bertz CT molecular complexity index is 325. The molecule has 1 heterocycles. The summed E-state index contributed by atoms with van der Waals surface area (Å²) in [6.45, 7) is 0. The lowest BCUT2D eigenvalue weighted by Crippen LogP contribution is -2.21. The highest BCUT2D eigenvalue weighted by Gasteiger charge is 2.23. The van der Waals surface area contributed by atoms with Crippen molar-refractivity contribution in [1.29, 1.82) is 0 Å². The quantitative estimate of drug-likeness (QED) is 0.736. The third-order valence-corrected chi connectivity index (χ3v) is 2.91. The molecule has 0 aliphatic rings. The summed E-state index contributed by atoms with van der Waals surface area (Å²) in [5, 5.41) is 28.9. The number of aliphatic hydroxyl groups is 2. The van der Waals surface area contributed by atoms with E-state index in [1.165, 1.54) is 11.3 Å². The lowest BCUT2D eigenvalue weighted by Gasteiger charge is -2.15. The second kappa shape index (κ2) is 4.75. The van der Waals surface area contributed by atoms with Gasteiger partial charge in [0.2, 0.25) is 0 Å². The number of halogens is 1. The Balaban J connectivity index is 2.70. The molecule has 3 N–H and O–H groups in total. The van der Waals surface area contributed by atoms with Gasteiger partial charge in [-0.3, -0.25) is 4.79 Å². The van der Waals surface area contributed by atoms with Crippen molar-refractivity contribution in [2.75, 3.05) is 0 Å². The Morgan fingerprint density at radius 1 is 1.57 bits per heavy atom. The summed E-state index contributed by atoms with van der Waals surface area (Å²) in [6.07, 6.45) is -3.09. The number of aliphatic hydroxyl groups excluding tert-OH is 2. The molecule has 0 radical (unpaired) electrons. The van der Waals surface area contributed by atoms with E-state index in [0.717, 1.165) is 0 Å². The first-order chi connectivity index (χ1) is 6.52. The van der Waals surface area contributed by atoms with Crippen molar-refractivity contribution in [3.8, 4) is 0 Å². The molecule has 0 spiro atoms. The Labute approximate surface area is 89.4 Å². The van der Waals surface area contributed by atoms with Crippen molar-refractivity contribution < 1.29 is 20.1 Å². The molecular formula is C8H9ClO4S.